The van der Waals surface area contributed by atoms with Crippen LogP contribution in [-0.4, -0.2) is 41.9 Å². The molecule has 3 N–H and O–H groups in total. The quantitative estimate of drug-likeness (QED) is 0.751. The third-order valence-electron chi connectivity index (χ3n) is 3.80. The van der Waals surface area contributed by atoms with E-state index in [4.69, 9.17) is 0 Å². The molecule has 1 aromatic carbocycles. The Morgan fingerprint density at radius 2 is 2.15 bits per heavy atom. The molecular formula is C15H22N2O3. The average Bonchev–Trinajstić information content (AvgIpc) is 2.38. The summed E-state index contributed by atoms with van der Waals surface area (Å²) in [5.74, 6) is 0.211. The Kier molecular flexibility index (Phi) is 4.18. The topological polar surface area (TPSA) is 72.8 Å². The van der Waals surface area contributed by atoms with Crippen LogP contribution >= 0.6 is 0 Å². The molecular weight excluding hydrogens is 256 g/mol. The van der Waals surface area contributed by atoms with E-state index in [0.717, 1.165) is 11.3 Å². The Morgan fingerprint density at radius 3 is 2.75 bits per heavy atom. The van der Waals surface area contributed by atoms with Gasteiger partial charge in [-0.2, -0.15) is 0 Å². The van der Waals surface area contributed by atoms with Gasteiger partial charge in [0, 0.05) is 18.8 Å². The molecule has 0 aliphatic carbocycles. The van der Waals surface area contributed by atoms with Crippen molar-refractivity contribution in [3.05, 3.63) is 23.8 Å². The molecule has 1 amide bonds. The first-order chi connectivity index (χ1) is 9.43. The van der Waals surface area contributed by atoms with Gasteiger partial charge in [-0.25, -0.2) is 0 Å². The van der Waals surface area contributed by atoms with Crippen molar-refractivity contribution in [2.75, 3.05) is 18.6 Å². The minimum absolute atomic E-state index is 0.0875. The van der Waals surface area contributed by atoms with E-state index < -0.39 is 0 Å². The lowest BCUT2D eigenvalue weighted by Gasteiger charge is -2.37. The number of benzene rings is 1. The predicted octanol–water partition coefficient (Wildman–Crippen LogP) is 0.886. The summed E-state index contributed by atoms with van der Waals surface area (Å²) in [6, 6.07) is 4.54. The van der Waals surface area contributed by atoms with E-state index in [-0.39, 0.29) is 36.3 Å². The zero-order chi connectivity index (χ0) is 14.9. The summed E-state index contributed by atoms with van der Waals surface area (Å²) in [5.41, 5.74) is 1.85. The molecule has 1 aromatic rings. The molecule has 20 heavy (non-hydrogen) atoms. The minimum Gasteiger partial charge on any atom is -0.508 e. The highest BCUT2D eigenvalue weighted by Crippen LogP contribution is 2.30. The Labute approximate surface area is 119 Å². The van der Waals surface area contributed by atoms with Gasteiger partial charge in [-0.1, -0.05) is 19.9 Å². The second-order valence-electron chi connectivity index (χ2n) is 5.70. The van der Waals surface area contributed by atoms with Crippen molar-refractivity contribution < 1.29 is 15.0 Å². The first-order valence-electron chi connectivity index (χ1n) is 6.90. The van der Waals surface area contributed by atoms with Crippen LogP contribution in [0.5, 0.6) is 5.75 Å². The summed E-state index contributed by atoms with van der Waals surface area (Å²) in [5, 5.41) is 22.0. The highest BCUT2D eigenvalue weighted by molar-refractivity contribution is 5.86. The fraction of sp³-hybridized carbons (Fsp3) is 0.533. The highest BCUT2D eigenvalue weighted by atomic mass is 16.3. The highest BCUT2D eigenvalue weighted by Gasteiger charge is 2.32. The lowest BCUT2D eigenvalue weighted by Crippen LogP contribution is -2.54. The number of aliphatic hydroxyl groups is 1. The zero-order valence-corrected chi connectivity index (χ0v) is 12.1. The van der Waals surface area contributed by atoms with Crippen molar-refractivity contribution in [3.63, 3.8) is 0 Å². The SMILES string of the molecule is CC(C)[C@@H]1C(=O)N[C@@H](CO)Cc2ccc(O)cc2N1C. The molecule has 1 aliphatic rings. The number of carbonyl (C=O) groups is 1. The van der Waals surface area contributed by atoms with Gasteiger partial charge in [-0.15, -0.1) is 0 Å². The number of phenolic OH excluding ortho intramolecular Hbond substituents is 1. The number of anilines is 1. The molecule has 0 bridgehead atoms. The second-order valence-corrected chi connectivity index (χ2v) is 5.70. The molecule has 0 fully saturated rings. The largest absolute Gasteiger partial charge is 0.508 e. The number of aromatic hydroxyl groups is 1. The lowest BCUT2D eigenvalue weighted by molar-refractivity contribution is -0.124. The summed E-state index contributed by atoms with van der Waals surface area (Å²) in [6.07, 6.45) is 0.549. The van der Waals surface area contributed by atoms with Crippen LogP contribution in [0.4, 0.5) is 5.69 Å². The van der Waals surface area contributed by atoms with E-state index in [1.54, 1.807) is 12.1 Å². The molecule has 0 spiro atoms. The van der Waals surface area contributed by atoms with E-state index in [1.165, 1.54) is 0 Å². The fourth-order valence-electron chi connectivity index (χ4n) is 2.84. The summed E-state index contributed by atoms with van der Waals surface area (Å²) < 4.78 is 0. The van der Waals surface area contributed by atoms with E-state index >= 15 is 0 Å². The van der Waals surface area contributed by atoms with Gasteiger partial charge in [-0.3, -0.25) is 4.79 Å². The molecule has 1 aliphatic heterocycles. The predicted molar refractivity (Wildman–Crippen MR) is 77.9 cm³/mol. The average molecular weight is 278 g/mol. The minimum atomic E-state index is -0.329. The van der Waals surface area contributed by atoms with Gasteiger partial charge in [0.1, 0.15) is 11.8 Å². The smallest absolute Gasteiger partial charge is 0.243 e. The number of nitrogens with zero attached hydrogens (tertiary/aromatic N) is 1. The summed E-state index contributed by atoms with van der Waals surface area (Å²) in [7, 11) is 1.86. The maximum absolute atomic E-state index is 12.4. The number of carbonyl (C=O) groups excluding carboxylic acids is 1. The number of fused-ring (bicyclic) bond motifs is 1. The van der Waals surface area contributed by atoms with Crippen LogP contribution in [-0.2, 0) is 11.2 Å². The van der Waals surface area contributed by atoms with Crippen LogP contribution in [0.25, 0.3) is 0 Å². The van der Waals surface area contributed by atoms with Gasteiger partial charge in [-0.05, 0) is 24.0 Å². The van der Waals surface area contributed by atoms with Gasteiger partial charge >= 0.3 is 0 Å². The van der Waals surface area contributed by atoms with Gasteiger partial charge in [0.05, 0.1) is 12.6 Å². The van der Waals surface area contributed by atoms with Crippen LogP contribution in [0.3, 0.4) is 0 Å². The fourth-order valence-corrected chi connectivity index (χ4v) is 2.84. The van der Waals surface area contributed by atoms with Gasteiger partial charge < -0.3 is 20.4 Å². The first-order valence-corrected chi connectivity index (χ1v) is 6.90. The Hall–Kier alpha value is -1.75. The van der Waals surface area contributed by atoms with Gasteiger partial charge in [0.25, 0.3) is 0 Å². The van der Waals surface area contributed by atoms with Crippen molar-refractivity contribution in [1.29, 1.82) is 0 Å². The zero-order valence-electron chi connectivity index (χ0n) is 12.1. The molecule has 1 heterocycles. The molecule has 110 valence electrons. The standard InChI is InChI=1S/C15H22N2O3/c1-9(2)14-15(20)16-11(8-18)6-10-4-5-12(19)7-13(10)17(14)3/h4-5,7,9,11,14,18-19H,6,8H2,1-3H3,(H,16,20)/t11-,14-/m1/s1. The monoisotopic (exact) mass is 278 g/mol. The number of rotatable bonds is 2. The number of phenols is 1. The molecule has 2 atom stereocenters. The third kappa shape index (κ3) is 2.72. The lowest BCUT2D eigenvalue weighted by atomic mass is 9.95. The molecule has 5 nitrogen and oxygen atoms in total. The second kappa shape index (κ2) is 5.71. The van der Waals surface area contributed by atoms with Crippen molar-refractivity contribution >= 4 is 11.6 Å². The van der Waals surface area contributed by atoms with Crippen molar-refractivity contribution in [1.82, 2.24) is 5.32 Å². The van der Waals surface area contributed by atoms with Crippen LogP contribution in [0.1, 0.15) is 19.4 Å². The summed E-state index contributed by atoms with van der Waals surface area (Å²) in [6.45, 7) is 3.87. The van der Waals surface area contributed by atoms with E-state index in [9.17, 15) is 15.0 Å². The Morgan fingerprint density at radius 1 is 1.45 bits per heavy atom. The maximum atomic E-state index is 12.4. The summed E-state index contributed by atoms with van der Waals surface area (Å²) in [4.78, 5) is 14.3. The molecule has 0 saturated carbocycles. The van der Waals surface area contributed by atoms with E-state index in [1.807, 2.05) is 31.9 Å². The third-order valence-corrected chi connectivity index (χ3v) is 3.80. The maximum Gasteiger partial charge on any atom is 0.243 e. The van der Waals surface area contributed by atoms with Crippen LogP contribution in [0, 0.1) is 5.92 Å². The van der Waals surface area contributed by atoms with Crippen molar-refractivity contribution in [3.8, 4) is 5.75 Å². The number of amides is 1. The van der Waals surface area contributed by atoms with E-state index in [2.05, 4.69) is 5.32 Å². The number of hydrogen-bond acceptors (Lipinski definition) is 4. The number of nitrogens with one attached hydrogen (secondary N) is 1. The van der Waals surface area contributed by atoms with Gasteiger partial charge in [0.15, 0.2) is 0 Å². The Balaban J connectivity index is 2.50. The normalized spacial score (nSPS) is 23.1. The molecule has 0 unspecified atom stereocenters. The van der Waals surface area contributed by atoms with Crippen molar-refractivity contribution in [2.24, 2.45) is 5.92 Å². The van der Waals surface area contributed by atoms with E-state index in [0.29, 0.717) is 6.42 Å². The van der Waals surface area contributed by atoms with Crippen molar-refractivity contribution in [2.45, 2.75) is 32.4 Å². The number of aliphatic hydroxyl groups excluding tert-OH is 1. The Bertz CT molecular complexity index is 502. The summed E-state index contributed by atoms with van der Waals surface area (Å²) >= 11 is 0. The van der Waals surface area contributed by atoms with Crippen LogP contribution < -0.4 is 10.2 Å². The first kappa shape index (κ1) is 14.7. The number of likely N-dealkylation sites (N-methyl/N-ethyl adjacent to an activating group) is 1. The van der Waals surface area contributed by atoms with Crippen LogP contribution in [0.2, 0.25) is 0 Å². The van der Waals surface area contributed by atoms with Gasteiger partial charge in [0.2, 0.25) is 5.91 Å². The molecule has 2 rings (SSSR count). The van der Waals surface area contributed by atoms with Crippen LogP contribution in [0.15, 0.2) is 18.2 Å². The molecule has 0 radical (unpaired) electrons. The molecule has 5 heteroatoms. The molecule has 0 aromatic heterocycles. The number of hydrogen-bond donors (Lipinski definition) is 3. The molecule has 0 saturated heterocycles.